The molecule has 6 nitrogen and oxygen atoms in total. The van der Waals surface area contributed by atoms with E-state index in [-0.39, 0.29) is 5.91 Å². The second-order valence-corrected chi connectivity index (χ2v) is 6.18. The number of rotatable bonds is 9. The second kappa shape index (κ2) is 10.3. The Balaban J connectivity index is 1.69. The van der Waals surface area contributed by atoms with E-state index in [1.54, 1.807) is 4.90 Å². The Labute approximate surface area is 145 Å². The summed E-state index contributed by atoms with van der Waals surface area (Å²) >= 11 is 0. The fourth-order valence-corrected chi connectivity index (χ4v) is 2.93. The van der Waals surface area contributed by atoms with Crippen LogP contribution in [-0.2, 0) is 9.53 Å². The maximum atomic E-state index is 12.0. The Morgan fingerprint density at radius 3 is 2.50 bits per heavy atom. The molecular formula is C18H32N4O2+2. The van der Waals surface area contributed by atoms with Crippen molar-refractivity contribution in [2.24, 2.45) is 0 Å². The van der Waals surface area contributed by atoms with Gasteiger partial charge in [0.05, 0.1) is 26.3 Å². The van der Waals surface area contributed by atoms with Crippen molar-refractivity contribution in [3.63, 3.8) is 0 Å². The Morgan fingerprint density at radius 2 is 1.88 bits per heavy atom. The molecule has 134 valence electrons. The number of hydrogen-bond acceptors (Lipinski definition) is 3. The minimum atomic E-state index is 0.0590. The molecule has 0 aliphatic carbocycles. The van der Waals surface area contributed by atoms with Crippen LogP contribution in [0.4, 0.5) is 11.4 Å². The highest BCUT2D eigenvalue weighted by molar-refractivity contribution is 5.91. The molecule has 0 radical (unpaired) electrons. The first-order valence-electron chi connectivity index (χ1n) is 9.10. The third kappa shape index (κ3) is 6.11. The van der Waals surface area contributed by atoms with Crippen molar-refractivity contribution >= 4 is 17.3 Å². The summed E-state index contributed by atoms with van der Waals surface area (Å²) in [6.45, 7) is 12.7. The number of carbonyl (C=O) groups is 1. The molecule has 1 amide bonds. The predicted octanol–water partition coefficient (Wildman–Crippen LogP) is -1.05. The summed E-state index contributed by atoms with van der Waals surface area (Å²) in [5.74, 6) is 0.0590. The van der Waals surface area contributed by atoms with E-state index in [0.29, 0.717) is 6.54 Å². The van der Waals surface area contributed by atoms with Crippen LogP contribution < -0.4 is 20.4 Å². The standard InChI is InChI=1S/C18H30N4O2/c1-3-21(4-2)10-9-19-15-18(23)20-16-5-7-17(8-6-16)22-11-13-24-14-12-22/h5-8,19H,3-4,9-15H2,1-2H3,(H,20,23)/p+2. The summed E-state index contributed by atoms with van der Waals surface area (Å²) < 4.78 is 5.37. The second-order valence-electron chi connectivity index (χ2n) is 6.18. The summed E-state index contributed by atoms with van der Waals surface area (Å²) in [5.41, 5.74) is 2.05. The van der Waals surface area contributed by atoms with Gasteiger partial charge in [0.2, 0.25) is 0 Å². The minimum Gasteiger partial charge on any atom is -0.378 e. The van der Waals surface area contributed by atoms with Gasteiger partial charge in [0.1, 0.15) is 13.1 Å². The van der Waals surface area contributed by atoms with Gasteiger partial charge in [0, 0.05) is 24.5 Å². The van der Waals surface area contributed by atoms with E-state index in [9.17, 15) is 4.79 Å². The first kappa shape index (κ1) is 18.7. The molecule has 0 spiro atoms. The van der Waals surface area contributed by atoms with E-state index in [1.807, 2.05) is 12.1 Å². The highest BCUT2D eigenvalue weighted by atomic mass is 16.5. The minimum absolute atomic E-state index is 0.0590. The monoisotopic (exact) mass is 336 g/mol. The Hall–Kier alpha value is -1.63. The molecule has 0 saturated carbocycles. The SMILES string of the molecule is CC[NH+](CC)CC[NH2+]CC(=O)Nc1ccc(N2CCOCC2)cc1. The normalized spacial score (nSPS) is 14.9. The summed E-state index contributed by atoms with van der Waals surface area (Å²) in [4.78, 5) is 15.9. The number of anilines is 2. The smallest absolute Gasteiger partial charge is 0.279 e. The number of benzene rings is 1. The van der Waals surface area contributed by atoms with Crippen LogP contribution in [0.3, 0.4) is 0 Å². The summed E-state index contributed by atoms with van der Waals surface area (Å²) in [7, 11) is 0. The summed E-state index contributed by atoms with van der Waals surface area (Å²) in [5, 5.41) is 5.05. The highest BCUT2D eigenvalue weighted by Crippen LogP contribution is 2.18. The van der Waals surface area contributed by atoms with Gasteiger partial charge >= 0.3 is 0 Å². The van der Waals surface area contributed by atoms with Crippen molar-refractivity contribution in [3.05, 3.63) is 24.3 Å². The molecule has 1 fully saturated rings. The number of hydrogen-bond donors (Lipinski definition) is 3. The largest absolute Gasteiger partial charge is 0.378 e. The molecule has 0 aromatic heterocycles. The molecule has 0 atom stereocenters. The molecule has 6 heteroatoms. The number of nitrogens with two attached hydrogens (primary N) is 1. The molecule has 1 aliphatic rings. The van der Waals surface area contributed by atoms with Crippen LogP contribution >= 0.6 is 0 Å². The molecule has 2 rings (SSSR count). The maximum Gasteiger partial charge on any atom is 0.279 e. The van der Waals surface area contributed by atoms with Crippen LogP contribution in [0, 0.1) is 0 Å². The number of quaternary nitrogens is 2. The predicted molar refractivity (Wildman–Crippen MR) is 96.7 cm³/mol. The third-order valence-corrected chi connectivity index (χ3v) is 4.56. The van der Waals surface area contributed by atoms with Gasteiger partial charge in [-0.15, -0.1) is 0 Å². The lowest BCUT2D eigenvalue weighted by Crippen LogP contribution is -3.14. The molecule has 1 heterocycles. The zero-order valence-electron chi connectivity index (χ0n) is 15.0. The first-order valence-corrected chi connectivity index (χ1v) is 9.10. The zero-order chi connectivity index (χ0) is 17.2. The van der Waals surface area contributed by atoms with Crippen molar-refractivity contribution in [2.45, 2.75) is 13.8 Å². The van der Waals surface area contributed by atoms with Crippen molar-refractivity contribution in [2.75, 3.05) is 69.2 Å². The number of nitrogens with zero attached hydrogens (tertiary/aromatic N) is 1. The lowest BCUT2D eigenvalue weighted by molar-refractivity contribution is -0.908. The van der Waals surface area contributed by atoms with Crippen LogP contribution in [0.1, 0.15) is 13.8 Å². The van der Waals surface area contributed by atoms with Gasteiger partial charge in [-0.25, -0.2) is 0 Å². The average molecular weight is 336 g/mol. The topological polar surface area (TPSA) is 62.6 Å². The first-order chi connectivity index (χ1) is 11.7. The van der Waals surface area contributed by atoms with Gasteiger partial charge in [-0.3, -0.25) is 4.79 Å². The highest BCUT2D eigenvalue weighted by Gasteiger charge is 2.11. The van der Waals surface area contributed by atoms with Crippen molar-refractivity contribution in [1.82, 2.24) is 0 Å². The number of nitrogens with one attached hydrogen (secondary N) is 2. The molecule has 1 aromatic rings. The van der Waals surface area contributed by atoms with Gasteiger partial charge < -0.3 is 25.2 Å². The maximum absolute atomic E-state index is 12.0. The van der Waals surface area contributed by atoms with Crippen LogP contribution in [0.25, 0.3) is 0 Å². The van der Waals surface area contributed by atoms with Gasteiger partial charge in [-0.1, -0.05) is 0 Å². The molecule has 24 heavy (non-hydrogen) atoms. The van der Waals surface area contributed by atoms with Gasteiger partial charge in [-0.05, 0) is 38.1 Å². The van der Waals surface area contributed by atoms with E-state index in [2.05, 4.69) is 41.5 Å². The van der Waals surface area contributed by atoms with Crippen LogP contribution in [0.5, 0.6) is 0 Å². The molecule has 0 bridgehead atoms. The quantitative estimate of drug-likeness (QED) is 0.504. The van der Waals surface area contributed by atoms with Crippen LogP contribution in [-0.4, -0.2) is 64.9 Å². The number of morpholine rings is 1. The van der Waals surface area contributed by atoms with Gasteiger partial charge in [0.25, 0.3) is 5.91 Å². The van der Waals surface area contributed by atoms with Crippen molar-refractivity contribution in [1.29, 1.82) is 0 Å². The molecular weight excluding hydrogens is 304 g/mol. The van der Waals surface area contributed by atoms with Crippen molar-refractivity contribution in [3.8, 4) is 0 Å². The number of amides is 1. The van der Waals surface area contributed by atoms with E-state index in [1.165, 1.54) is 5.69 Å². The van der Waals surface area contributed by atoms with Crippen LogP contribution in [0.2, 0.25) is 0 Å². The summed E-state index contributed by atoms with van der Waals surface area (Å²) in [6.07, 6.45) is 0. The third-order valence-electron chi connectivity index (χ3n) is 4.56. The lowest BCUT2D eigenvalue weighted by atomic mass is 10.2. The fourth-order valence-electron chi connectivity index (χ4n) is 2.93. The molecule has 1 aromatic carbocycles. The van der Waals surface area contributed by atoms with E-state index < -0.39 is 0 Å². The Morgan fingerprint density at radius 1 is 1.21 bits per heavy atom. The summed E-state index contributed by atoms with van der Waals surface area (Å²) in [6, 6.07) is 8.08. The van der Waals surface area contributed by atoms with Gasteiger partial charge in [-0.2, -0.15) is 0 Å². The Kier molecular flexibility index (Phi) is 8.01. The molecule has 1 saturated heterocycles. The lowest BCUT2D eigenvalue weighted by Gasteiger charge is -2.28. The zero-order valence-corrected chi connectivity index (χ0v) is 15.0. The average Bonchev–Trinajstić information content (AvgIpc) is 2.63. The van der Waals surface area contributed by atoms with Crippen molar-refractivity contribution < 1.29 is 19.7 Å². The van der Waals surface area contributed by atoms with Gasteiger partial charge in [0.15, 0.2) is 6.54 Å². The van der Waals surface area contributed by atoms with E-state index in [4.69, 9.17) is 4.74 Å². The Bertz CT molecular complexity index is 482. The molecule has 0 unspecified atom stereocenters. The van der Waals surface area contributed by atoms with E-state index >= 15 is 0 Å². The number of carbonyl (C=O) groups excluding carboxylic acids is 1. The van der Waals surface area contributed by atoms with Crippen LogP contribution in [0.15, 0.2) is 24.3 Å². The number of ether oxygens (including phenoxy) is 1. The van der Waals surface area contributed by atoms with E-state index in [0.717, 1.165) is 58.2 Å². The fraction of sp³-hybridized carbons (Fsp3) is 0.611. The number of likely N-dealkylation sites (N-methyl/N-ethyl adjacent to an activating group) is 1. The molecule has 4 N–H and O–H groups in total. The molecule has 1 aliphatic heterocycles.